The van der Waals surface area contributed by atoms with Crippen molar-refractivity contribution < 1.29 is 8.42 Å². The lowest BCUT2D eigenvalue weighted by atomic mass is 10.1. The molecule has 0 aromatic heterocycles. The van der Waals surface area contributed by atoms with Crippen LogP contribution < -0.4 is 10.1 Å². The second-order valence-corrected chi connectivity index (χ2v) is 9.71. The first kappa shape index (κ1) is 19.5. The average molecular weight is 424 g/mol. The third kappa shape index (κ3) is 4.02. The Morgan fingerprint density at radius 2 is 1.72 bits per heavy atom. The van der Waals surface area contributed by atoms with Crippen molar-refractivity contribution in [2.75, 3.05) is 5.32 Å². The molecule has 0 aliphatic carbocycles. The van der Waals surface area contributed by atoms with Crippen molar-refractivity contribution in [1.82, 2.24) is 4.83 Å². The molecule has 0 atom stereocenters. The molecule has 1 aliphatic rings. The minimum atomic E-state index is -3.73. The van der Waals surface area contributed by atoms with E-state index in [4.69, 9.17) is 0 Å². The summed E-state index contributed by atoms with van der Waals surface area (Å²) >= 11 is 1.71. The molecule has 0 bridgehead atoms. The zero-order valence-electron chi connectivity index (χ0n) is 16.4. The Morgan fingerprint density at radius 3 is 2.55 bits per heavy atom. The van der Waals surface area contributed by atoms with Crippen LogP contribution in [0.25, 0.3) is 0 Å². The lowest BCUT2D eigenvalue weighted by Gasteiger charge is -2.21. The van der Waals surface area contributed by atoms with Gasteiger partial charge in [0.15, 0.2) is 0 Å². The number of nitrogens with zero attached hydrogens (tertiary/aromatic N) is 1. The molecule has 7 heteroatoms. The highest BCUT2D eigenvalue weighted by Crippen LogP contribution is 2.44. The summed E-state index contributed by atoms with van der Waals surface area (Å²) in [4.78, 5) is 4.92. The van der Waals surface area contributed by atoms with E-state index in [-0.39, 0.29) is 4.90 Å². The Kier molecular flexibility index (Phi) is 5.10. The summed E-state index contributed by atoms with van der Waals surface area (Å²) in [5, 5.41) is 7.58. The molecule has 29 heavy (non-hydrogen) atoms. The second kappa shape index (κ2) is 7.57. The monoisotopic (exact) mass is 423 g/mol. The minimum absolute atomic E-state index is 0.245. The van der Waals surface area contributed by atoms with E-state index < -0.39 is 10.0 Å². The number of anilines is 2. The minimum Gasteiger partial charge on any atom is -0.354 e. The van der Waals surface area contributed by atoms with Crippen LogP contribution in [0.15, 0.2) is 80.5 Å². The smallest absolute Gasteiger partial charge is 0.276 e. The van der Waals surface area contributed by atoms with Crippen molar-refractivity contribution in [2.45, 2.75) is 35.5 Å². The van der Waals surface area contributed by atoms with Crippen molar-refractivity contribution in [3.63, 3.8) is 0 Å². The average Bonchev–Trinajstić information content (AvgIpc) is 2.71. The van der Waals surface area contributed by atoms with E-state index in [0.29, 0.717) is 11.3 Å². The third-order valence-electron chi connectivity index (χ3n) is 4.74. The van der Waals surface area contributed by atoms with E-state index >= 15 is 0 Å². The maximum absolute atomic E-state index is 12.7. The van der Waals surface area contributed by atoms with E-state index in [1.54, 1.807) is 37.7 Å². The van der Waals surface area contributed by atoms with Crippen LogP contribution in [0.2, 0.25) is 0 Å². The van der Waals surface area contributed by atoms with Crippen LogP contribution in [-0.4, -0.2) is 14.1 Å². The van der Waals surface area contributed by atoms with Crippen LogP contribution in [-0.2, 0) is 10.0 Å². The molecule has 1 heterocycles. The van der Waals surface area contributed by atoms with Gasteiger partial charge in [-0.1, -0.05) is 42.1 Å². The maximum atomic E-state index is 12.7. The summed E-state index contributed by atoms with van der Waals surface area (Å²) in [5.41, 5.74) is 5.05. The molecule has 2 N–H and O–H groups in total. The number of benzene rings is 3. The van der Waals surface area contributed by atoms with Crippen molar-refractivity contribution in [3.05, 3.63) is 77.4 Å². The topological polar surface area (TPSA) is 70.6 Å². The summed E-state index contributed by atoms with van der Waals surface area (Å²) in [6.45, 7) is 5.43. The first-order valence-electron chi connectivity index (χ1n) is 9.15. The number of rotatable bonds is 4. The highest BCUT2D eigenvalue weighted by atomic mass is 32.2. The Balaban J connectivity index is 1.58. The SMILES string of the molecule is CC(=NNS(=O)(=O)c1cc(C)ccc1C)c1ccc2c(c1)Nc1ccccc1S2. The maximum Gasteiger partial charge on any atom is 0.276 e. The fourth-order valence-electron chi connectivity index (χ4n) is 3.10. The highest BCUT2D eigenvalue weighted by molar-refractivity contribution is 7.99. The van der Waals surface area contributed by atoms with Gasteiger partial charge in [0.25, 0.3) is 10.0 Å². The predicted molar refractivity (Wildman–Crippen MR) is 119 cm³/mol. The Morgan fingerprint density at radius 1 is 0.966 bits per heavy atom. The van der Waals surface area contributed by atoms with Gasteiger partial charge < -0.3 is 5.32 Å². The standard InChI is InChI=1S/C22H21N3O2S2/c1-14-8-9-15(2)22(12-14)29(26,27)25-24-16(3)17-10-11-21-19(13-17)23-18-6-4-5-7-20(18)28-21/h4-13,23,25H,1-3H3. The molecule has 3 aromatic rings. The van der Waals surface area contributed by atoms with Gasteiger partial charge in [-0.25, -0.2) is 0 Å². The second-order valence-electron chi connectivity index (χ2n) is 7.00. The zero-order chi connectivity index (χ0) is 20.6. The number of hydrazone groups is 1. The van der Waals surface area contributed by atoms with E-state index in [2.05, 4.69) is 21.3 Å². The molecule has 4 rings (SSSR count). The zero-order valence-corrected chi connectivity index (χ0v) is 18.0. The van der Waals surface area contributed by atoms with E-state index in [0.717, 1.165) is 27.4 Å². The van der Waals surface area contributed by atoms with Gasteiger partial charge >= 0.3 is 0 Å². The number of aryl methyl sites for hydroxylation is 2. The normalized spacial score (nSPS) is 13.3. The molecule has 0 amide bonds. The van der Waals surface area contributed by atoms with E-state index in [9.17, 15) is 8.42 Å². The van der Waals surface area contributed by atoms with Crippen LogP contribution in [0.5, 0.6) is 0 Å². The van der Waals surface area contributed by atoms with E-state index in [1.807, 2.05) is 49.4 Å². The highest BCUT2D eigenvalue weighted by Gasteiger charge is 2.18. The molecule has 0 saturated carbocycles. The fourth-order valence-corrected chi connectivity index (χ4v) is 5.26. The van der Waals surface area contributed by atoms with Gasteiger partial charge in [0, 0.05) is 9.79 Å². The quantitative estimate of drug-likeness (QED) is 0.349. The number of hydrogen-bond acceptors (Lipinski definition) is 5. The fraction of sp³-hybridized carbons (Fsp3) is 0.136. The summed E-state index contributed by atoms with van der Waals surface area (Å²) in [6, 6.07) is 19.4. The Labute approximate surface area is 175 Å². The molecule has 0 spiro atoms. The van der Waals surface area contributed by atoms with Crippen LogP contribution in [0, 0.1) is 13.8 Å². The van der Waals surface area contributed by atoms with Gasteiger partial charge in [0.05, 0.1) is 22.0 Å². The van der Waals surface area contributed by atoms with Gasteiger partial charge in [-0.15, -0.1) is 0 Å². The van der Waals surface area contributed by atoms with Crippen molar-refractivity contribution in [1.29, 1.82) is 0 Å². The Hall–Kier alpha value is -2.77. The summed E-state index contributed by atoms with van der Waals surface area (Å²) in [7, 11) is -3.73. The first-order valence-corrected chi connectivity index (χ1v) is 11.5. The number of para-hydroxylation sites is 1. The van der Waals surface area contributed by atoms with Crippen molar-refractivity contribution in [2.24, 2.45) is 5.10 Å². The largest absolute Gasteiger partial charge is 0.354 e. The molecular weight excluding hydrogens is 402 g/mol. The Bertz CT molecular complexity index is 1230. The van der Waals surface area contributed by atoms with E-state index in [1.165, 1.54) is 4.90 Å². The number of hydrogen-bond donors (Lipinski definition) is 2. The summed E-state index contributed by atoms with van der Waals surface area (Å²) in [6.07, 6.45) is 0. The lowest BCUT2D eigenvalue weighted by molar-refractivity contribution is 0.583. The third-order valence-corrected chi connectivity index (χ3v) is 7.24. The van der Waals surface area contributed by atoms with Gasteiger partial charge in [0.1, 0.15) is 0 Å². The van der Waals surface area contributed by atoms with Crippen molar-refractivity contribution >= 4 is 38.9 Å². The van der Waals surface area contributed by atoms with Crippen LogP contribution in [0.1, 0.15) is 23.6 Å². The van der Waals surface area contributed by atoms with Gasteiger partial charge in [0.2, 0.25) is 0 Å². The molecule has 5 nitrogen and oxygen atoms in total. The summed E-state index contributed by atoms with van der Waals surface area (Å²) in [5.74, 6) is 0. The first-order chi connectivity index (χ1) is 13.8. The summed E-state index contributed by atoms with van der Waals surface area (Å²) < 4.78 is 25.4. The predicted octanol–water partition coefficient (Wildman–Crippen LogP) is 5.21. The molecule has 0 radical (unpaired) electrons. The van der Waals surface area contributed by atoms with Gasteiger partial charge in [-0.3, -0.25) is 0 Å². The molecule has 0 unspecified atom stereocenters. The number of sulfonamides is 1. The van der Waals surface area contributed by atoms with Crippen LogP contribution >= 0.6 is 11.8 Å². The molecule has 0 fully saturated rings. The number of fused-ring (bicyclic) bond motifs is 2. The van der Waals surface area contributed by atoms with Gasteiger partial charge in [-0.05, 0) is 67.8 Å². The van der Waals surface area contributed by atoms with Gasteiger partial charge in [-0.2, -0.15) is 18.4 Å². The molecule has 3 aromatic carbocycles. The van der Waals surface area contributed by atoms with Crippen LogP contribution in [0.4, 0.5) is 11.4 Å². The molecule has 1 aliphatic heterocycles. The molecule has 148 valence electrons. The van der Waals surface area contributed by atoms with Crippen molar-refractivity contribution in [3.8, 4) is 0 Å². The molecule has 0 saturated heterocycles. The lowest BCUT2D eigenvalue weighted by Crippen LogP contribution is -2.21. The van der Waals surface area contributed by atoms with Crippen LogP contribution in [0.3, 0.4) is 0 Å². The number of nitrogens with one attached hydrogen (secondary N) is 2. The molecular formula is C22H21N3O2S2.